The molecule has 0 aliphatic heterocycles. The summed E-state index contributed by atoms with van der Waals surface area (Å²) in [6.45, 7) is 4.92. The smallest absolute Gasteiger partial charge is 0.270 e. The maximum atomic E-state index is 12.2. The van der Waals surface area contributed by atoms with E-state index in [0.29, 0.717) is 10.2 Å². The van der Waals surface area contributed by atoms with Gasteiger partial charge >= 0.3 is 0 Å². The molecule has 0 atom stereocenters. The predicted molar refractivity (Wildman–Crippen MR) is 85.9 cm³/mol. The average molecular weight is 331 g/mol. The van der Waals surface area contributed by atoms with Crippen molar-refractivity contribution in [1.29, 1.82) is 5.26 Å². The van der Waals surface area contributed by atoms with Crippen molar-refractivity contribution in [3.63, 3.8) is 0 Å². The number of fused-ring (bicyclic) bond motifs is 1. The molecule has 1 aromatic heterocycles. The molecule has 7 nitrogen and oxygen atoms in total. The largest absolute Gasteiger partial charge is 0.504 e. The molecule has 118 valence electrons. The quantitative estimate of drug-likeness (QED) is 0.302. The first-order valence-electron chi connectivity index (χ1n) is 6.58. The van der Waals surface area contributed by atoms with Crippen molar-refractivity contribution in [2.75, 3.05) is 0 Å². The van der Waals surface area contributed by atoms with Crippen LogP contribution in [0.15, 0.2) is 23.8 Å². The molecule has 8 heteroatoms. The van der Waals surface area contributed by atoms with Gasteiger partial charge in [-0.1, -0.05) is 20.8 Å². The van der Waals surface area contributed by atoms with Crippen LogP contribution in [0.4, 0.5) is 5.69 Å². The summed E-state index contributed by atoms with van der Waals surface area (Å²) in [5, 5.41) is 30.3. The number of carbonyl (C=O) groups excluding carboxylic acids is 1. The summed E-state index contributed by atoms with van der Waals surface area (Å²) in [5.41, 5.74) is -0.842. The Bertz CT molecular complexity index is 884. The molecule has 0 radical (unpaired) electrons. The molecule has 0 aliphatic rings. The summed E-state index contributed by atoms with van der Waals surface area (Å²) >= 11 is 0.982. The van der Waals surface area contributed by atoms with E-state index >= 15 is 0 Å². The first-order chi connectivity index (χ1) is 10.6. The summed E-state index contributed by atoms with van der Waals surface area (Å²) in [4.78, 5) is 26.6. The summed E-state index contributed by atoms with van der Waals surface area (Å²) in [7, 11) is 0. The Morgan fingerprint density at radius 3 is 2.61 bits per heavy atom. The van der Waals surface area contributed by atoms with Crippen LogP contribution in [-0.4, -0.2) is 20.8 Å². The summed E-state index contributed by atoms with van der Waals surface area (Å²) in [6, 6.07) is 5.81. The number of nitriles is 1. The summed E-state index contributed by atoms with van der Waals surface area (Å²) in [5.74, 6) is -1.00. The first-order valence-corrected chi connectivity index (χ1v) is 7.40. The van der Waals surface area contributed by atoms with Gasteiger partial charge in [-0.05, 0) is 6.07 Å². The van der Waals surface area contributed by atoms with E-state index in [1.54, 1.807) is 26.8 Å². The standard InChI is InChI=1S/C15H13N3O4S/c1-15(2,3)13(20)9(7-16)12(19)14-17-10-5-4-8(18(21)22)6-11(10)23-14/h4-6,19H,1-3H3. The lowest BCUT2D eigenvalue weighted by atomic mass is 9.86. The Kier molecular flexibility index (Phi) is 4.16. The fraction of sp³-hybridized carbons (Fsp3) is 0.267. The number of non-ortho nitro benzene ring substituents is 1. The number of hydrogen-bond donors (Lipinski definition) is 1. The lowest BCUT2D eigenvalue weighted by Gasteiger charge is -2.15. The number of allylic oxidation sites excluding steroid dienone is 1. The highest BCUT2D eigenvalue weighted by Gasteiger charge is 2.29. The van der Waals surface area contributed by atoms with Crippen molar-refractivity contribution in [2.24, 2.45) is 5.41 Å². The number of aliphatic hydroxyl groups excluding tert-OH is 1. The third kappa shape index (κ3) is 3.19. The zero-order valence-electron chi connectivity index (χ0n) is 12.7. The lowest BCUT2D eigenvalue weighted by Crippen LogP contribution is -2.22. The zero-order chi connectivity index (χ0) is 17.4. The van der Waals surface area contributed by atoms with E-state index in [1.807, 2.05) is 0 Å². The summed E-state index contributed by atoms with van der Waals surface area (Å²) < 4.78 is 0.487. The molecule has 23 heavy (non-hydrogen) atoms. The number of carbonyl (C=O) groups is 1. The number of ketones is 1. The van der Waals surface area contributed by atoms with Gasteiger partial charge in [-0.25, -0.2) is 4.98 Å². The van der Waals surface area contributed by atoms with Crippen LogP contribution in [0.1, 0.15) is 25.8 Å². The van der Waals surface area contributed by atoms with E-state index in [-0.39, 0.29) is 16.3 Å². The van der Waals surface area contributed by atoms with Crippen molar-refractivity contribution in [3.8, 4) is 6.07 Å². The van der Waals surface area contributed by atoms with Crippen molar-refractivity contribution < 1.29 is 14.8 Å². The second-order valence-electron chi connectivity index (χ2n) is 5.84. The molecule has 1 heterocycles. The minimum Gasteiger partial charge on any atom is -0.504 e. The van der Waals surface area contributed by atoms with Crippen LogP contribution < -0.4 is 0 Å². The van der Waals surface area contributed by atoms with Crippen LogP contribution in [0, 0.1) is 26.9 Å². The third-order valence-corrected chi connectivity index (χ3v) is 4.07. The molecule has 0 saturated heterocycles. The van der Waals surface area contributed by atoms with Crippen molar-refractivity contribution >= 4 is 38.8 Å². The molecule has 1 aromatic carbocycles. The number of thiazole rings is 1. The monoisotopic (exact) mass is 331 g/mol. The highest BCUT2D eigenvalue weighted by atomic mass is 32.1. The predicted octanol–water partition coefficient (Wildman–Crippen LogP) is 3.61. The molecule has 0 fully saturated rings. The minimum atomic E-state index is -0.825. The molecule has 0 spiro atoms. The van der Waals surface area contributed by atoms with Gasteiger partial charge < -0.3 is 5.11 Å². The van der Waals surface area contributed by atoms with Crippen LogP contribution in [0.5, 0.6) is 0 Å². The summed E-state index contributed by atoms with van der Waals surface area (Å²) in [6.07, 6.45) is 0. The second-order valence-corrected chi connectivity index (χ2v) is 6.87. The van der Waals surface area contributed by atoms with Gasteiger partial charge in [-0.3, -0.25) is 14.9 Å². The Labute approximate surface area is 135 Å². The lowest BCUT2D eigenvalue weighted by molar-refractivity contribution is -0.384. The SMILES string of the molecule is CC(C)(C)C(=O)C(C#N)=C(O)c1nc2ccc([N+](=O)[O-])cc2s1. The third-order valence-electron chi connectivity index (χ3n) is 3.04. The zero-order valence-corrected chi connectivity index (χ0v) is 13.5. The number of nitro groups is 1. The molecule has 0 amide bonds. The van der Waals surface area contributed by atoms with E-state index in [2.05, 4.69) is 4.98 Å². The molecule has 1 N–H and O–H groups in total. The molecule has 2 aromatic rings. The molecular weight excluding hydrogens is 318 g/mol. The normalized spacial score (nSPS) is 12.6. The first kappa shape index (κ1) is 16.6. The van der Waals surface area contributed by atoms with E-state index < -0.39 is 21.9 Å². The molecule has 2 rings (SSSR count). The van der Waals surface area contributed by atoms with Gasteiger partial charge in [0, 0.05) is 17.5 Å². The van der Waals surface area contributed by atoms with Crippen LogP contribution in [0.2, 0.25) is 0 Å². The van der Waals surface area contributed by atoms with Crippen molar-refractivity contribution in [1.82, 2.24) is 4.98 Å². The van der Waals surface area contributed by atoms with E-state index in [0.717, 1.165) is 11.3 Å². The van der Waals surface area contributed by atoms with Crippen LogP contribution >= 0.6 is 11.3 Å². The van der Waals surface area contributed by atoms with E-state index in [9.17, 15) is 25.3 Å². The van der Waals surface area contributed by atoms with E-state index in [1.165, 1.54) is 18.2 Å². The van der Waals surface area contributed by atoms with Gasteiger partial charge in [-0.15, -0.1) is 11.3 Å². The number of nitrogens with zero attached hydrogens (tertiary/aromatic N) is 3. The van der Waals surface area contributed by atoms with Gasteiger partial charge in [-0.2, -0.15) is 5.26 Å². The topological polar surface area (TPSA) is 117 Å². The van der Waals surface area contributed by atoms with Crippen LogP contribution in [-0.2, 0) is 4.79 Å². The number of benzene rings is 1. The minimum absolute atomic E-state index is 0.0784. The number of aliphatic hydroxyl groups is 1. The highest BCUT2D eigenvalue weighted by Crippen LogP contribution is 2.31. The average Bonchev–Trinajstić information content (AvgIpc) is 2.89. The number of hydrogen-bond acceptors (Lipinski definition) is 7. The number of aromatic nitrogens is 1. The van der Waals surface area contributed by atoms with Gasteiger partial charge in [0.1, 0.15) is 11.6 Å². The number of rotatable bonds is 3. The fourth-order valence-electron chi connectivity index (χ4n) is 1.82. The van der Waals surface area contributed by atoms with Crippen molar-refractivity contribution in [3.05, 3.63) is 38.9 Å². The molecular formula is C15H13N3O4S. The second kappa shape index (κ2) is 5.78. The van der Waals surface area contributed by atoms with Gasteiger partial charge in [0.25, 0.3) is 5.69 Å². The van der Waals surface area contributed by atoms with Gasteiger partial charge in [0.15, 0.2) is 16.6 Å². The Balaban J connectivity index is 2.58. The highest BCUT2D eigenvalue weighted by molar-refractivity contribution is 7.19. The van der Waals surface area contributed by atoms with Gasteiger partial charge in [0.2, 0.25) is 0 Å². The van der Waals surface area contributed by atoms with Crippen LogP contribution in [0.25, 0.3) is 16.0 Å². The maximum absolute atomic E-state index is 12.2. The number of nitro benzene ring substituents is 1. The molecule has 0 bridgehead atoms. The Hall–Kier alpha value is -2.79. The van der Waals surface area contributed by atoms with Crippen molar-refractivity contribution in [2.45, 2.75) is 20.8 Å². The molecule has 0 saturated carbocycles. The number of Topliss-reactive ketones (excluding diaryl/α,β-unsaturated/α-hetero) is 1. The molecule has 0 aliphatic carbocycles. The van der Waals surface area contributed by atoms with Gasteiger partial charge in [0.05, 0.1) is 15.1 Å². The maximum Gasteiger partial charge on any atom is 0.270 e. The Morgan fingerprint density at radius 2 is 2.09 bits per heavy atom. The van der Waals surface area contributed by atoms with Crippen LogP contribution in [0.3, 0.4) is 0 Å². The Morgan fingerprint density at radius 1 is 1.43 bits per heavy atom. The molecule has 0 unspecified atom stereocenters. The fourth-order valence-corrected chi connectivity index (χ4v) is 2.77. The van der Waals surface area contributed by atoms with E-state index in [4.69, 9.17) is 0 Å².